The average molecular weight is 607 g/mol. The topological polar surface area (TPSA) is 86.8 Å². The standard InChI is InChI=1S/C24H30BrCl2N3O4S/c1-4-6-12-28-24(32)22(5-2)29(15-17-10-11-19(26)14-21(17)27)23(31)16-30(35(3,33)34)20-9-7-8-18(25)13-20/h7-11,13-14,22H,4-6,12,15-16H2,1-3H3,(H,28,32)/t22-/m0/s1. The van der Waals surface area contributed by atoms with Crippen molar-refractivity contribution in [1.82, 2.24) is 10.2 Å². The molecule has 2 aromatic rings. The summed E-state index contributed by atoms with van der Waals surface area (Å²) in [4.78, 5) is 28.0. The van der Waals surface area contributed by atoms with Gasteiger partial charge in [0.15, 0.2) is 0 Å². The summed E-state index contributed by atoms with van der Waals surface area (Å²) >= 11 is 15.7. The van der Waals surface area contributed by atoms with Gasteiger partial charge in [-0.25, -0.2) is 8.42 Å². The van der Waals surface area contributed by atoms with Crippen LogP contribution in [0.15, 0.2) is 46.9 Å². The first kappa shape index (κ1) is 29.4. The first-order valence-electron chi connectivity index (χ1n) is 11.2. The second-order valence-electron chi connectivity index (χ2n) is 8.08. The van der Waals surface area contributed by atoms with Gasteiger partial charge in [0.2, 0.25) is 21.8 Å². The molecule has 7 nitrogen and oxygen atoms in total. The van der Waals surface area contributed by atoms with Gasteiger partial charge >= 0.3 is 0 Å². The van der Waals surface area contributed by atoms with E-state index in [9.17, 15) is 18.0 Å². The van der Waals surface area contributed by atoms with Crippen LogP contribution in [0.3, 0.4) is 0 Å². The fourth-order valence-corrected chi connectivity index (χ4v) is 5.20. The van der Waals surface area contributed by atoms with Crippen molar-refractivity contribution in [2.45, 2.75) is 45.7 Å². The minimum atomic E-state index is -3.80. The van der Waals surface area contributed by atoms with Crippen LogP contribution >= 0.6 is 39.1 Å². The van der Waals surface area contributed by atoms with Gasteiger partial charge in [-0.05, 0) is 48.7 Å². The molecule has 0 aliphatic carbocycles. The van der Waals surface area contributed by atoms with Crippen LogP contribution in [0.4, 0.5) is 5.69 Å². The summed E-state index contributed by atoms with van der Waals surface area (Å²) in [7, 11) is -3.80. The predicted molar refractivity (Wildman–Crippen MR) is 145 cm³/mol. The molecule has 0 unspecified atom stereocenters. The normalized spacial score (nSPS) is 12.2. The van der Waals surface area contributed by atoms with Crippen LogP contribution in [0, 0.1) is 0 Å². The Hall–Kier alpha value is -1.81. The number of carbonyl (C=O) groups excluding carboxylic acids is 2. The zero-order valence-corrected chi connectivity index (χ0v) is 23.8. The van der Waals surface area contributed by atoms with Crippen LogP contribution in [0.1, 0.15) is 38.7 Å². The van der Waals surface area contributed by atoms with Gasteiger partial charge in [0.05, 0.1) is 11.9 Å². The molecular formula is C24H30BrCl2N3O4S. The van der Waals surface area contributed by atoms with Crippen LogP contribution in [0.25, 0.3) is 0 Å². The Kier molecular flexibility index (Phi) is 11.3. The first-order chi connectivity index (χ1) is 16.5. The molecule has 11 heteroatoms. The van der Waals surface area contributed by atoms with Gasteiger partial charge in [0, 0.05) is 27.6 Å². The number of anilines is 1. The predicted octanol–water partition coefficient (Wildman–Crippen LogP) is 5.25. The Balaban J connectivity index is 2.44. The molecular weight excluding hydrogens is 577 g/mol. The van der Waals surface area contributed by atoms with Crippen LogP contribution in [0.5, 0.6) is 0 Å². The second kappa shape index (κ2) is 13.5. The number of carbonyl (C=O) groups is 2. The van der Waals surface area contributed by atoms with Crippen LogP contribution < -0.4 is 9.62 Å². The minimum absolute atomic E-state index is 0.0185. The number of nitrogens with zero attached hydrogens (tertiary/aromatic N) is 2. The number of sulfonamides is 1. The third-order valence-corrected chi connectivity index (χ3v) is 7.57. The van der Waals surface area contributed by atoms with E-state index in [1.54, 1.807) is 49.4 Å². The third kappa shape index (κ3) is 8.66. The molecule has 0 radical (unpaired) electrons. The number of unbranched alkanes of at least 4 members (excludes halogenated alkanes) is 1. The molecule has 35 heavy (non-hydrogen) atoms. The lowest BCUT2D eigenvalue weighted by Crippen LogP contribution is -2.52. The minimum Gasteiger partial charge on any atom is -0.354 e. The smallest absolute Gasteiger partial charge is 0.244 e. The molecule has 0 saturated heterocycles. The Morgan fingerprint density at radius 2 is 1.83 bits per heavy atom. The van der Waals surface area contributed by atoms with Crippen molar-refractivity contribution in [3.05, 3.63) is 62.5 Å². The zero-order chi connectivity index (χ0) is 26.2. The summed E-state index contributed by atoms with van der Waals surface area (Å²) in [5, 5.41) is 3.67. The number of halogens is 3. The van der Waals surface area contributed by atoms with Crippen molar-refractivity contribution in [3.8, 4) is 0 Å². The summed E-state index contributed by atoms with van der Waals surface area (Å²) in [6.07, 6.45) is 3.10. The molecule has 192 valence electrons. The van der Waals surface area contributed by atoms with E-state index in [0.29, 0.717) is 38.7 Å². The van der Waals surface area contributed by atoms with E-state index >= 15 is 0 Å². The number of hydrogen-bond donors (Lipinski definition) is 1. The van der Waals surface area contributed by atoms with Crippen molar-refractivity contribution in [1.29, 1.82) is 0 Å². The number of rotatable bonds is 12. The van der Waals surface area contributed by atoms with Gasteiger partial charge in [-0.15, -0.1) is 0 Å². The molecule has 0 aliphatic rings. The highest BCUT2D eigenvalue weighted by atomic mass is 79.9. The summed E-state index contributed by atoms with van der Waals surface area (Å²) in [5.41, 5.74) is 0.928. The van der Waals surface area contributed by atoms with Gasteiger partial charge < -0.3 is 10.2 Å². The summed E-state index contributed by atoms with van der Waals surface area (Å²) in [6, 6.07) is 10.8. The Labute approximate surface area is 225 Å². The average Bonchev–Trinajstić information content (AvgIpc) is 2.78. The molecule has 0 aliphatic heterocycles. The van der Waals surface area contributed by atoms with E-state index in [1.807, 2.05) is 6.92 Å². The molecule has 2 rings (SSSR count). The Morgan fingerprint density at radius 3 is 2.40 bits per heavy atom. The highest BCUT2D eigenvalue weighted by Crippen LogP contribution is 2.26. The number of amides is 2. The lowest BCUT2D eigenvalue weighted by atomic mass is 10.1. The molecule has 2 aromatic carbocycles. The quantitative estimate of drug-likeness (QED) is 0.335. The van der Waals surface area contributed by atoms with E-state index in [-0.39, 0.29) is 12.5 Å². The van der Waals surface area contributed by atoms with Gasteiger partial charge in [-0.1, -0.05) is 71.5 Å². The number of hydrogen-bond acceptors (Lipinski definition) is 4. The monoisotopic (exact) mass is 605 g/mol. The highest BCUT2D eigenvalue weighted by molar-refractivity contribution is 9.10. The van der Waals surface area contributed by atoms with E-state index in [4.69, 9.17) is 23.2 Å². The zero-order valence-electron chi connectivity index (χ0n) is 19.9. The maximum absolute atomic E-state index is 13.6. The summed E-state index contributed by atoms with van der Waals surface area (Å²) in [5.74, 6) is -0.827. The maximum Gasteiger partial charge on any atom is 0.244 e. The second-order valence-corrected chi connectivity index (χ2v) is 11.7. The van der Waals surface area contributed by atoms with E-state index in [0.717, 1.165) is 23.4 Å². The summed E-state index contributed by atoms with van der Waals surface area (Å²) in [6.45, 7) is 3.85. The van der Waals surface area contributed by atoms with Gasteiger partial charge in [0.1, 0.15) is 12.6 Å². The highest BCUT2D eigenvalue weighted by Gasteiger charge is 2.32. The van der Waals surface area contributed by atoms with E-state index in [2.05, 4.69) is 21.2 Å². The van der Waals surface area contributed by atoms with Crippen molar-refractivity contribution >= 4 is 66.7 Å². The van der Waals surface area contributed by atoms with Gasteiger partial charge in [-0.2, -0.15) is 0 Å². The number of nitrogens with one attached hydrogen (secondary N) is 1. The van der Waals surface area contributed by atoms with E-state index < -0.39 is 28.5 Å². The molecule has 0 bridgehead atoms. The molecule has 2 amide bonds. The fourth-order valence-electron chi connectivity index (χ4n) is 3.50. The third-order valence-electron chi connectivity index (χ3n) is 5.35. The molecule has 1 atom stereocenters. The van der Waals surface area contributed by atoms with Crippen LogP contribution in [-0.2, 0) is 26.2 Å². The largest absolute Gasteiger partial charge is 0.354 e. The maximum atomic E-state index is 13.6. The number of benzene rings is 2. The van der Waals surface area contributed by atoms with Gasteiger partial charge in [0.25, 0.3) is 0 Å². The molecule has 0 fully saturated rings. The molecule has 0 saturated carbocycles. The SMILES string of the molecule is CCCCNC(=O)[C@H](CC)N(Cc1ccc(Cl)cc1Cl)C(=O)CN(c1cccc(Br)c1)S(C)(=O)=O. The van der Waals surface area contributed by atoms with Crippen molar-refractivity contribution in [3.63, 3.8) is 0 Å². The fraction of sp³-hybridized carbons (Fsp3) is 0.417. The first-order valence-corrected chi connectivity index (χ1v) is 14.6. The van der Waals surface area contributed by atoms with E-state index in [1.165, 1.54) is 4.90 Å². The molecule has 0 spiro atoms. The van der Waals surface area contributed by atoms with Crippen LogP contribution in [-0.4, -0.2) is 50.5 Å². The van der Waals surface area contributed by atoms with Crippen molar-refractivity contribution in [2.24, 2.45) is 0 Å². The molecule has 0 aromatic heterocycles. The molecule has 1 N–H and O–H groups in total. The Bertz CT molecular complexity index is 1150. The lowest BCUT2D eigenvalue weighted by Gasteiger charge is -2.33. The van der Waals surface area contributed by atoms with Gasteiger partial charge in [-0.3, -0.25) is 13.9 Å². The lowest BCUT2D eigenvalue weighted by molar-refractivity contribution is -0.140. The Morgan fingerprint density at radius 1 is 1.11 bits per heavy atom. The van der Waals surface area contributed by atoms with Crippen molar-refractivity contribution < 1.29 is 18.0 Å². The van der Waals surface area contributed by atoms with Crippen molar-refractivity contribution in [2.75, 3.05) is 23.7 Å². The summed E-state index contributed by atoms with van der Waals surface area (Å²) < 4.78 is 26.9. The van der Waals surface area contributed by atoms with Crippen LogP contribution in [0.2, 0.25) is 10.0 Å². The molecule has 0 heterocycles.